The van der Waals surface area contributed by atoms with Crippen LogP contribution in [0.1, 0.15) is 11.1 Å². The van der Waals surface area contributed by atoms with Gasteiger partial charge >= 0.3 is 6.03 Å². The smallest absolute Gasteiger partial charge is 0.314 e. The Morgan fingerprint density at radius 2 is 1.78 bits per heavy atom. The van der Waals surface area contributed by atoms with E-state index >= 15 is 0 Å². The molecule has 2 aromatic rings. The first-order valence-electron chi connectivity index (χ1n) is 7.57. The topological polar surface area (TPSA) is 50.4 Å². The van der Waals surface area contributed by atoms with Crippen LogP contribution in [0.25, 0.3) is 0 Å². The number of ether oxygens (including phenoxy) is 1. The number of carbonyl (C=O) groups excluding carboxylic acids is 1. The molecule has 0 bridgehead atoms. The average molecular weight is 333 g/mol. The standard InChI is InChI=1S/C18H21ClN2O2/c1-23-16-7-4-5-14(13-16)9-11-20-18(22)21-12-10-15-6-2-3-8-17(15)19/h2-8,13H,9-12H2,1H3,(H2,20,21,22). The van der Waals surface area contributed by atoms with Crippen molar-refractivity contribution >= 4 is 17.6 Å². The third-order valence-corrected chi connectivity index (χ3v) is 3.84. The number of rotatable bonds is 7. The molecule has 0 aromatic heterocycles. The first kappa shape index (κ1) is 17.2. The Balaban J connectivity index is 1.66. The fraction of sp³-hybridized carbons (Fsp3) is 0.278. The minimum absolute atomic E-state index is 0.167. The summed E-state index contributed by atoms with van der Waals surface area (Å²) in [6.45, 7) is 1.12. The summed E-state index contributed by atoms with van der Waals surface area (Å²) in [5.74, 6) is 0.826. The number of halogens is 1. The predicted molar refractivity (Wildman–Crippen MR) is 93.3 cm³/mol. The lowest BCUT2D eigenvalue weighted by Crippen LogP contribution is -2.37. The highest BCUT2D eigenvalue weighted by atomic mass is 35.5. The number of hydrogen-bond acceptors (Lipinski definition) is 2. The maximum absolute atomic E-state index is 11.8. The second kappa shape index (κ2) is 9.06. The maximum Gasteiger partial charge on any atom is 0.314 e. The Morgan fingerprint density at radius 1 is 1.04 bits per heavy atom. The van der Waals surface area contributed by atoms with Gasteiger partial charge in [-0.15, -0.1) is 0 Å². The molecule has 0 radical (unpaired) electrons. The second-order valence-corrected chi connectivity index (χ2v) is 5.53. The molecule has 0 aliphatic heterocycles. The molecule has 0 spiro atoms. The Morgan fingerprint density at radius 3 is 2.52 bits per heavy atom. The van der Waals surface area contributed by atoms with Crippen molar-refractivity contribution in [3.8, 4) is 5.75 Å². The van der Waals surface area contributed by atoms with Crippen LogP contribution in [0.5, 0.6) is 5.75 Å². The third kappa shape index (κ3) is 5.83. The largest absolute Gasteiger partial charge is 0.497 e. The van der Waals surface area contributed by atoms with Crippen molar-refractivity contribution in [1.82, 2.24) is 10.6 Å². The average Bonchev–Trinajstić information content (AvgIpc) is 2.57. The van der Waals surface area contributed by atoms with E-state index in [4.69, 9.17) is 16.3 Å². The van der Waals surface area contributed by atoms with Crippen molar-refractivity contribution in [2.24, 2.45) is 0 Å². The quantitative estimate of drug-likeness (QED) is 0.816. The van der Waals surface area contributed by atoms with Gasteiger partial charge in [0.15, 0.2) is 0 Å². The predicted octanol–water partition coefficient (Wildman–Crippen LogP) is 3.43. The Kier molecular flexibility index (Phi) is 6.76. The van der Waals surface area contributed by atoms with Crippen molar-refractivity contribution in [3.63, 3.8) is 0 Å². The summed E-state index contributed by atoms with van der Waals surface area (Å²) in [6.07, 6.45) is 1.47. The van der Waals surface area contributed by atoms with Gasteiger partial charge in [-0.1, -0.05) is 41.9 Å². The Labute approximate surface area is 141 Å². The van der Waals surface area contributed by atoms with Crippen LogP contribution >= 0.6 is 11.6 Å². The van der Waals surface area contributed by atoms with Crippen LogP contribution in [-0.2, 0) is 12.8 Å². The summed E-state index contributed by atoms with van der Waals surface area (Å²) in [5.41, 5.74) is 2.16. The zero-order chi connectivity index (χ0) is 16.5. The van der Waals surface area contributed by atoms with E-state index in [0.717, 1.165) is 28.3 Å². The van der Waals surface area contributed by atoms with Gasteiger partial charge in [0.1, 0.15) is 5.75 Å². The number of urea groups is 1. The van der Waals surface area contributed by atoms with E-state index in [2.05, 4.69) is 10.6 Å². The molecule has 0 aliphatic carbocycles. The molecule has 2 aromatic carbocycles. The number of benzene rings is 2. The highest BCUT2D eigenvalue weighted by Gasteiger charge is 2.02. The lowest BCUT2D eigenvalue weighted by Gasteiger charge is -2.09. The van der Waals surface area contributed by atoms with Gasteiger partial charge < -0.3 is 15.4 Å². The molecule has 0 unspecified atom stereocenters. The highest BCUT2D eigenvalue weighted by Crippen LogP contribution is 2.14. The number of methoxy groups -OCH3 is 1. The van der Waals surface area contributed by atoms with Gasteiger partial charge in [0.2, 0.25) is 0 Å². The molecule has 122 valence electrons. The van der Waals surface area contributed by atoms with Crippen molar-refractivity contribution in [2.75, 3.05) is 20.2 Å². The van der Waals surface area contributed by atoms with Gasteiger partial charge in [-0.3, -0.25) is 0 Å². The van der Waals surface area contributed by atoms with Crippen LogP contribution in [0, 0.1) is 0 Å². The van der Waals surface area contributed by atoms with Crippen molar-refractivity contribution in [3.05, 3.63) is 64.7 Å². The van der Waals surface area contributed by atoms with E-state index in [0.29, 0.717) is 19.5 Å². The molecule has 0 heterocycles. The summed E-state index contributed by atoms with van der Waals surface area (Å²) in [7, 11) is 1.64. The SMILES string of the molecule is COc1cccc(CCNC(=O)NCCc2ccccc2Cl)c1. The van der Waals surface area contributed by atoms with Crippen LogP contribution < -0.4 is 15.4 Å². The molecular formula is C18H21ClN2O2. The molecule has 2 N–H and O–H groups in total. The highest BCUT2D eigenvalue weighted by molar-refractivity contribution is 6.31. The lowest BCUT2D eigenvalue weighted by molar-refractivity contribution is 0.241. The lowest BCUT2D eigenvalue weighted by atomic mass is 10.1. The molecule has 0 atom stereocenters. The third-order valence-electron chi connectivity index (χ3n) is 3.47. The summed E-state index contributed by atoms with van der Waals surface area (Å²) >= 11 is 6.08. The summed E-state index contributed by atoms with van der Waals surface area (Å²) in [4.78, 5) is 11.8. The molecule has 2 rings (SSSR count). The molecule has 23 heavy (non-hydrogen) atoms. The van der Waals surface area contributed by atoms with E-state index in [-0.39, 0.29) is 6.03 Å². The fourth-order valence-corrected chi connectivity index (χ4v) is 2.45. The second-order valence-electron chi connectivity index (χ2n) is 5.13. The van der Waals surface area contributed by atoms with E-state index in [9.17, 15) is 4.79 Å². The molecule has 0 aliphatic rings. The van der Waals surface area contributed by atoms with Crippen molar-refractivity contribution in [2.45, 2.75) is 12.8 Å². The zero-order valence-electron chi connectivity index (χ0n) is 13.1. The monoisotopic (exact) mass is 332 g/mol. The van der Waals surface area contributed by atoms with Gasteiger partial charge in [-0.25, -0.2) is 4.79 Å². The van der Waals surface area contributed by atoms with Crippen LogP contribution in [0.3, 0.4) is 0 Å². The summed E-state index contributed by atoms with van der Waals surface area (Å²) < 4.78 is 5.18. The minimum atomic E-state index is -0.167. The molecule has 0 saturated heterocycles. The Bertz CT molecular complexity index is 646. The van der Waals surface area contributed by atoms with Crippen LogP contribution in [0.2, 0.25) is 5.02 Å². The van der Waals surface area contributed by atoms with Gasteiger partial charge in [0, 0.05) is 18.1 Å². The molecule has 4 nitrogen and oxygen atoms in total. The number of carbonyl (C=O) groups is 1. The number of hydrogen-bond donors (Lipinski definition) is 2. The minimum Gasteiger partial charge on any atom is -0.497 e. The van der Waals surface area contributed by atoms with E-state index < -0.39 is 0 Å². The summed E-state index contributed by atoms with van der Waals surface area (Å²) in [6, 6.07) is 15.3. The first-order chi connectivity index (χ1) is 11.2. The van der Waals surface area contributed by atoms with Crippen LogP contribution in [-0.4, -0.2) is 26.2 Å². The van der Waals surface area contributed by atoms with Crippen LogP contribution in [0.4, 0.5) is 4.79 Å². The number of nitrogens with one attached hydrogen (secondary N) is 2. The Hall–Kier alpha value is -2.20. The van der Waals surface area contributed by atoms with Gasteiger partial charge in [-0.2, -0.15) is 0 Å². The van der Waals surface area contributed by atoms with Gasteiger partial charge in [0.05, 0.1) is 7.11 Å². The van der Waals surface area contributed by atoms with E-state index in [1.165, 1.54) is 0 Å². The van der Waals surface area contributed by atoms with Crippen molar-refractivity contribution in [1.29, 1.82) is 0 Å². The molecule has 5 heteroatoms. The first-order valence-corrected chi connectivity index (χ1v) is 7.95. The normalized spacial score (nSPS) is 10.2. The van der Waals surface area contributed by atoms with E-state index in [1.54, 1.807) is 7.11 Å². The molecule has 0 fully saturated rings. The summed E-state index contributed by atoms with van der Waals surface area (Å²) in [5, 5.41) is 6.41. The molecular weight excluding hydrogens is 312 g/mol. The molecule has 2 amide bonds. The fourth-order valence-electron chi connectivity index (χ4n) is 2.22. The van der Waals surface area contributed by atoms with Gasteiger partial charge in [0.25, 0.3) is 0 Å². The van der Waals surface area contributed by atoms with Crippen LogP contribution in [0.15, 0.2) is 48.5 Å². The van der Waals surface area contributed by atoms with Crippen molar-refractivity contribution < 1.29 is 9.53 Å². The zero-order valence-corrected chi connectivity index (χ0v) is 13.9. The number of amides is 2. The van der Waals surface area contributed by atoms with Gasteiger partial charge in [-0.05, 0) is 42.2 Å². The molecule has 0 saturated carbocycles. The van der Waals surface area contributed by atoms with E-state index in [1.807, 2.05) is 48.5 Å². The maximum atomic E-state index is 11.8.